The number of nitrogens with one attached hydrogen (secondary N) is 2. The fourth-order valence-electron chi connectivity index (χ4n) is 2.82. The highest BCUT2D eigenvalue weighted by atomic mass is 16.2. The Labute approximate surface area is 132 Å². The van der Waals surface area contributed by atoms with Gasteiger partial charge < -0.3 is 5.32 Å². The number of allylic oxidation sites excluding steroid dienone is 1. The average molecular weight is 300 g/mol. The van der Waals surface area contributed by atoms with Gasteiger partial charge in [-0.25, -0.2) is 0 Å². The molecule has 1 aliphatic heterocycles. The molecule has 22 heavy (non-hydrogen) atoms. The minimum Gasteiger partial charge on any atom is -0.382 e. The van der Waals surface area contributed by atoms with E-state index in [9.17, 15) is 9.59 Å². The van der Waals surface area contributed by atoms with E-state index >= 15 is 0 Å². The molecule has 1 aromatic rings. The summed E-state index contributed by atoms with van der Waals surface area (Å²) in [5, 5.41) is 5.89. The second-order valence-electron chi connectivity index (χ2n) is 5.92. The van der Waals surface area contributed by atoms with Crippen molar-refractivity contribution in [2.45, 2.75) is 46.1 Å². The first kappa shape index (κ1) is 16.3. The van der Waals surface area contributed by atoms with Gasteiger partial charge in [0.05, 0.1) is 5.92 Å². The van der Waals surface area contributed by atoms with Gasteiger partial charge >= 0.3 is 0 Å². The van der Waals surface area contributed by atoms with E-state index in [1.807, 2.05) is 24.3 Å². The third-order valence-electron chi connectivity index (χ3n) is 3.72. The zero-order valence-corrected chi connectivity index (χ0v) is 13.5. The van der Waals surface area contributed by atoms with Gasteiger partial charge in [0.2, 0.25) is 11.8 Å². The second kappa shape index (κ2) is 7.25. The molecule has 1 heterocycles. The Bertz CT molecular complexity index is 591. The fourth-order valence-corrected chi connectivity index (χ4v) is 2.82. The molecule has 1 aromatic carbocycles. The largest absolute Gasteiger partial charge is 0.382 e. The standard InChI is InChI=1S/C18H24N2O2/c1-4-7-13(15-10-11-17(21)20-18(15)22)14-8-5-6-9-16(14)19-12(2)3/h5-9,12,15,19H,4,10-11H2,1-3H3,(H,20,21,22)/b13-7-. The number of hydrogen-bond donors (Lipinski definition) is 2. The maximum Gasteiger partial charge on any atom is 0.234 e. The first-order chi connectivity index (χ1) is 10.5. The third kappa shape index (κ3) is 3.75. The number of amides is 2. The van der Waals surface area contributed by atoms with Crippen LogP contribution in [0.1, 0.15) is 45.6 Å². The molecule has 1 saturated heterocycles. The number of benzene rings is 1. The summed E-state index contributed by atoms with van der Waals surface area (Å²) in [7, 11) is 0. The van der Waals surface area contributed by atoms with Crippen LogP contribution in [0.3, 0.4) is 0 Å². The van der Waals surface area contributed by atoms with Crippen molar-refractivity contribution in [1.82, 2.24) is 5.32 Å². The van der Waals surface area contributed by atoms with Gasteiger partial charge in [-0.15, -0.1) is 0 Å². The van der Waals surface area contributed by atoms with Crippen LogP contribution >= 0.6 is 0 Å². The topological polar surface area (TPSA) is 58.2 Å². The second-order valence-corrected chi connectivity index (χ2v) is 5.92. The van der Waals surface area contributed by atoms with E-state index in [1.54, 1.807) is 0 Å². The third-order valence-corrected chi connectivity index (χ3v) is 3.72. The molecular weight excluding hydrogens is 276 g/mol. The van der Waals surface area contributed by atoms with E-state index in [0.717, 1.165) is 23.2 Å². The summed E-state index contributed by atoms with van der Waals surface area (Å²) in [6.45, 7) is 6.24. The summed E-state index contributed by atoms with van der Waals surface area (Å²) in [4.78, 5) is 23.6. The zero-order chi connectivity index (χ0) is 16.1. The molecule has 0 aliphatic carbocycles. The molecule has 4 nitrogen and oxygen atoms in total. The summed E-state index contributed by atoms with van der Waals surface area (Å²) >= 11 is 0. The number of rotatable bonds is 5. The Morgan fingerprint density at radius 1 is 1.36 bits per heavy atom. The van der Waals surface area contributed by atoms with Crippen molar-refractivity contribution in [3.05, 3.63) is 35.9 Å². The maximum absolute atomic E-state index is 12.2. The average Bonchev–Trinajstić information content (AvgIpc) is 2.46. The lowest BCUT2D eigenvalue weighted by Gasteiger charge is -2.26. The number of anilines is 1. The van der Waals surface area contributed by atoms with Crippen molar-refractivity contribution in [2.24, 2.45) is 5.92 Å². The Hall–Kier alpha value is -2.10. The molecule has 0 radical (unpaired) electrons. The Morgan fingerprint density at radius 2 is 2.09 bits per heavy atom. The lowest BCUT2D eigenvalue weighted by molar-refractivity contribution is -0.134. The summed E-state index contributed by atoms with van der Waals surface area (Å²) < 4.78 is 0. The molecule has 1 unspecified atom stereocenters. The lowest BCUT2D eigenvalue weighted by Crippen LogP contribution is -2.41. The molecule has 4 heteroatoms. The Kier molecular flexibility index (Phi) is 5.36. The van der Waals surface area contributed by atoms with Crippen molar-refractivity contribution in [2.75, 3.05) is 5.32 Å². The van der Waals surface area contributed by atoms with Gasteiger partial charge in [-0.2, -0.15) is 0 Å². The van der Waals surface area contributed by atoms with Gasteiger partial charge in [0.25, 0.3) is 0 Å². The van der Waals surface area contributed by atoms with E-state index in [0.29, 0.717) is 18.9 Å². The lowest BCUT2D eigenvalue weighted by atomic mass is 9.84. The fraction of sp³-hybridized carbons (Fsp3) is 0.444. The van der Waals surface area contributed by atoms with Crippen LogP contribution in [0.25, 0.3) is 5.57 Å². The zero-order valence-electron chi connectivity index (χ0n) is 13.5. The summed E-state index contributed by atoms with van der Waals surface area (Å²) in [5.41, 5.74) is 3.09. The maximum atomic E-state index is 12.2. The first-order valence-corrected chi connectivity index (χ1v) is 7.92. The molecule has 118 valence electrons. The van der Waals surface area contributed by atoms with Crippen LogP contribution in [-0.2, 0) is 9.59 Å². The molecule has 0 aromatic heterocycles. The van der Waals surface area contributed by atoms with Gasteiger partial charge in [0, 0.05) is 23.7 Å². The van der Waals surface area contributed by atoms with E-state index < -0.39 is 0 Å². The molecule has 1 aliphatic rings. The monoisotopic (exact) mass is 300 g/mol. The quantitative estimate of drug-likeness (QED) is 0.820. The summed E-state index contributed by atoms with van der Waals surface area (Å²) in [5.74, 6) is -0.617. The summed E-state index contributed by atoms with van der Waals surface area (Å²) in [6, 6.07) is 8.35. The van der Waals surface area contributed by atoms with Crippen LogP contribution < -0.4 is 10.6 Å². The van der Waals surface area contributed by atoms with Crippen LogP contribution in [0, 0.1) is 5.92 Å². The van der Waals surface area contributed by atoms with E-state index in [-0.39, 0.29) is 17.7 Å². The number of carbonyl (C=O) groups excluding carboxylic acids is 2. The van der Waals surface area contributed by atoms with Crippen LogP contribution in [0.2, 0.25) is 0 Å². The van der Waals surface area contributed by atoms with Gasteiger partial charge in [-0.1, -0.05) is 31.2 Å². The van der Waals surface area contributed by atoms with Crippen LogP contribution in [0.15, 0.2) is 30.3 Å². The van der Waals surface area contributed by atoms with Gasteiger partial charge in [-0.05, 0) is 38.3 Å². The molecular formula is C18H24N2O2. The van der Waals surface area contributed by atoms with Crippen molar-refractivity contribution < 1.29 is 9.59 Å². The smallest absolute Gasteiger partial charge is 0.234 e. The van der Waals surface area contributed by atoms with E-state index in [1.165, 1.54) is 0 Å². The molecule has 0 bridgehead atoms. The van der Waals surface area contributed by atoms with Gasteiger partial charge in [-0.3, -0.25) is 14.9 Å². The molecule has 0 spiro atoms. The minimum absolute atomic E-state index is 0.175. The molecule has 1 atom stereocenters. The number of carbonyl (C=O) groups is 2. The van der Waals surface area contributed by atoms with Crippen molar-refractivity contribution in [1.29, 1.82) is 0 Å². The number of imide groups is 1. The molecule has 2 N–H and O–H groups in total. The van der Waals surface area contributed by atoms with Crippen molar-refractivity contribution in [3.8, 4) is 0 Å². The van der Waals surface area contributed by atoms with Crippen molar-refractivity contribution in [3.63, 3.8) is 0 Å². The van der Waals surface area contributed by atoms with Crippen LogP contribution in [0.5, 0.6) is 0 Å². The number of piperidine rings is 1. The predicted molar refractivity (Wildman–Crippen MR) is 89.3 cm³/mol. The van der Waals surface area contributed by atoms with Crippen LogP contribution in [0.4, 0.5) is 5.69 Å². The van der Waals surface area contributed by atoms with Gasteiger partial charge in [0.1, 0.15) is 0 Å². The molecule has 2 rings (SSSR count). The number of para-hydroxylation sites is 1. The highest BCUT2D eigenvalue weighted by Crippen LogP contribution is 2.34. The van der Waals surface area contributed by atoms with Gasteiger partial charge in [0.15, 0.2) is 0 Å². The van der Waals surface area contributed by atoms with Crippen LogP contribution in [-0.4, -0.2) is 17.9 Å². The highest BCUT2D eigenvalue weighted by Gasteiger charge is 2.30. The Balaban J connectivity index is 2.39. The first-order valence-electron chi connectivity index (χ1n) is 7.92. The van der Waals surface area contributed by atoms with E-state index in [2.05, 4.69) is 37.5 Å². The number of hydrogen-bond acceptors (Lipinski definition) is 3. The highest BCUT2D eigenvalue weighted by molar-refractivity contribution is 6.04. The Morgan fingerprint density at radius 3 is 2.73 bits per heavy atom. The van der Waals surface area contributed by atoms with E-state index in [4.69, 9.17) is 0 Å². The summed E-state index contributed by atoms with van der Waals surface area (Å²) in [6.07, 6.45) is 3.92. The molecule has 2 amide bonds. The molecule has 0 saturated carbocycles. The minimum atomic E-state index is -0.257. The predicted octanol–water partition coefficient (Wildman–Crippen LogP) is 3.35. The molecule has 1 fully saturated rings. The van der Waals surface area contributed by atoms with Crippen molar-refractivity contribution >= 4 is 23.1 Å². The SMILES string of the molecule is CC/C=C(/c1ccccc1NC(C)C)C1CCC(=O)NC1=O. The normalized spacial score (nSPS) is 19.3.